The first-order valence-corrected chi connectivity index (χ1v) is 9.64. The van der Waals surface area contributed by atoms with Gasteiger partial charge in [0.15, 0.2) is 5.13 Å². The van der Waals surface area contributed by atoms with E-state index >= 15 is 0 Å². The van der Waals surface area contributed by atoms with Crippen molar-refractivity contribution in [2.24, 2.45) is 0 Å². The average molecular weight is 415 g/mol. The van der Waals surface area contributed by atoms with Crippen LogP contribution in [0.5, 0.6) is 11.5 Å². The van der Waals surface area contributed by atoms with Gasteiger partial charge in [0.25, 0.3) is 0 Å². The maximum atomic E-state index is 12.3. The van der Waals surface area contributed by atoms with E-state index in [1.807, 2.05) is 43.3 Å². The summed E-state index contributed by atoms with van der Waals surface area (Å²) < 4.78 is 10.5. The zero-order valence-electron chi connectivity index (χ0n) is 15.7. The van der Waals surface area contributed by atoms with Gasteiger partial charge in [-0.25, -0.2) is 4.98 Å². The molecule has 3 aromatic rings. The second-order valence-electron chi connectivity index (χ2n) is 5.86. The average Bonchev–Trinajstić information content (AvgIpc) is 3.06. The molecule has 0 spiro atoms. The molecule has 0 bridgehead atoms. The normalized spacial score (nSPS) is 10.9. The minimum Gasteiger partial charge on any atom is -0.497 e. The molecule has 0 aliphatic rings. The van der Waals surface area contributed by atoms with E-state index < -0.39 is 0 Å². The number of ether oxygens (including phenoxy) is 2. The Morgan fingerprint density at radius 3 is 2.71 bits per heavy atom. The Balaban J connectivity index is 1.74. The number of nitrogens with zero attached hydrogens (tertiary/aromatic N) is 1. The van der Waals surface area contributed by atoms with Crippen LogP contribution in [0.15, 0.2) is 48.5 Å². The van der Waals surface area contributed by atoms with Crippen molar-refractivity contribution < 1.29 is 14.3 Å². The van der Waals surface area contributed by atoms with Gasteiger partial charge in [-0.1, -0.05) is 23.7 Å². The third-order valence-corrected chi connectivity index (χ3v) is 5.10. The Bertz CT molecular complexity index is 1030. The minimum absolute atomic E-state index is 0.274. The number of hydrogen-bond donors (Lipinski definition) is 1. The lowest BCUT2D eigenvalue weighted by Crippen LogP contribution is -2.07. The summed E-state index contributed by atoms with van der Waals surface area (Å²) in [6.07, 6.45) is 3.13. The number of thiazole rings is 1. The number of nitrogens with one attached hydrogen (secondary N) is 1. The van der Waals surface area contributed by atoms with Crippen molar-refractivity contribution in [1.82, 2.24) is 4.98 Å². The largest absolute Gasteiger partial charge is 0.497 e. The fourth-order valence-corrected chi connectivity index (χ4v) is 3.65. The Morgan fingerprint density at radius 2 is 2.00 bits per heavy atom. The number of methoxy groups -OCH3 is 2. The molecule has 0 saturated heterocycles. The van der Waals surface area contributed by atoms with Crippen LogP contribution in [0.4, 0.5) is 5.13 Å². The number of amides is 1. The van der Waals surface area contributed by atoms with Crippen LogP contribution in [0.25, 0.3) is 17.3 Å². The number of aromatic nitrogens is 1. The van der Waals surface area contributed by atoms with Crippen molar-refractivity contribution in [1.29, 1.82) is 0 Å². The highest BCUT2D eigenvalue weighted by molar-refractivity contribution is 7.16. The first-order valence-electron chi connectivity index (χ1n) is 8.44. The predicted molar refractivity (Wildman–Crippen MR) is 115 cm³/mol. The monoisotopic (exact) mass is 414 g/mol. The molecule has 0 saturated carbocycles. The molecular formula is C21H19ClN2O3S. The van der Waals surface area contributed by atoms with Crippen molar-refractivity contribution in [3.05, 3.63) is 64.0 Å². The van der Waals surface area contributed by atoms with E-state index in [9.17, 15) is 4.79 Å². The highest BCUT2D eigenvalue weighted by Gasteiger charge is 2.11. The van der Waals surface area contributed by atoms with Crippen LogP contribution in [0.3, 0.4) is 0 Å². The Morgan fingerprint density at radius 1 is 1.18 bits per heavy atom. The maximum Gasteiger partial charge on any atom is 0.250 e. The second-order valence-corrected chi connectivity index (χ2v) is 7.50. The van der Waals surface area contributed by atoms with Gasteiger partial charge in [0.1, 0.15) is 11.5 Å². The Hall–Kier alpha value is -2.83. The Labute approximate surface area is 172 Å². The zero-order valence-corrected chi connectivity index (χ0v) is 17.2. The number of benzene rings is 2. The summed E-state index contributed by atoms with van der Waals surface area (Å²) >= 11 is 7.48. The van der Waals surface area contributed by atoms with Crippen molar-refractivity contribution in [3.8, 4) is 22.8 Å². The molecule has 0 aliphatic heterocycles. The number of anilines is 1. The molecule has 144 valence electrons. The quantitative estimate of drug-likeness (QED) is 0.545. The van der Waals surface area contributed by atoms with E-state index in [-0.39, 0.29) is 5.91 Å². The number of rotatable bonds is 6. The summed E-state index contributed by atoms with van der Waals surface area (Å²) in [5, 5.41) is 3.98. The van der Waals surface area contributed by atoms with Gasteiger partial charge in [-0.15, -0.1) is 11.3 Å². The summed E-state index contributed by atoms with van der Waals surface area (Å²) in [6.45, 7) is 1.96. The molecule has 1 aromatic heterocycles. The number of aryl methyl sites for hydroxylation is 1. The van der Waals surface area contributed by atoms with Crippen molar-refractivity contribution in [3.63, 3.8) is 0 Å². The van der Waals surface area contributed by atoms with Gasteiger partial charge in [0, 0.05) is 33.2 Å². The summed E-state index contributed by atoms with van der Waals surface area (Å²) in [5.41, 5.74) is 2.50. The van der Waals surface area contributed by atoms with Crippen LogP contribution in [0, 0.1) is 6.92 Å². The number of halogens is 1. The van der Waals surface area contributed by atoms with E-state index in [2.05, 4.69) is 10.3 Å². The van der Waals surface area contributed by atoms with Crippen LogP contribution < -0.4 is 14.8 Å². The number of carbonyl (C=O) groups is 1. The molecular weight excluding hydrogens is 396 g/mol. The lowest BCUT2D eigenvalue weighted by atomic mass is 10.1. The van der Waals surface area contributed by atoms with Crippen molar-refractivity contribution >= 4 is 40.1 Å². The van der Waals surface area contributed by atoms with Gasteiger partial charge < -0.3 is 9.47 Å². The summed E-state index contributed by atoms with van der Waals surface area (Å²) in [7, 11) is 3.16. The zero-order chi connectivity index (χ0) is 20.1. The van der Waals surface area contributed by atoms with E-state index in [1.54, 1.807) is 26.4 Å². The SMILES string of the molecule is COc1ccc(/C=C/C(=O)Nc2nc(-c3cccc(Cl)c3)c(C)s2)c(OC)c1. The molecule has 1 amide bonds. The number of carbonyl (C=O) groups excluding carboxylic acids is 1. The fraction of sp³-hybridized carbons (Fsp3) is 0.143. The molecule has 0 radical (unpaired) electrons. The van der Waals surface area contributed by atoms with E-state index in [0.717, 1.165) is 21.7 Å². The standard InChI is InChI=1S/C21H19ClN2O3S/c1-13-20(15-5-4-6-16(22)11-15)24-21(28-13)23-19(25)10-8-14-7-9-17(26-2)12-18(14)27-3/h4-12H,1-3H3,(H,23,24,25)/b10-8+. The second kappa shape index (κ2) is 8.91. The molecule has 0 atom stereocenters. The van der Waals surface area contributed by atoms with Crippen molar-refractivity contribution in [2.75, 3.05) is 19.5 Å². The summed E-state index contributed by atoms with van der Waals surface area (Å²) in [4.78, 5) is 17.8. The van der Waals surface area contributed by atoms with Gasteiger partial charge in [-0.3, -0.25) is 10.1 Å². The topological polar surface area (TPSA) is 60.5 Å². The summed E-state index contributed by atoms with van der Waals surface area (Å²) in [5.74, 6) is 1.03. The molecule has 28 heavy (non-hydrogen) atoms. The van der Waals surface area contributed by atoms with Crippen LogP contribution >= 0.6 is 22.9 Å². The molecule has 0 unspecified atom stereocenters. The molecule has 3 rings (SSSR count). The minimum atomic E-state index is -0.274. The van der Waals surface area contributed by atoms with Crippen LogP contribution in [-0.2, 0) is 4.79 Å². The third kappa shape index (κ3) is 4.71. The number of hydrogen-bond acceptors (Lipinski definition) is 5. The maximum absolute atomic E-state index is 12.3. The van der Waals surface area contributed by atoms with Gasteiger partial charge in [0.2, 0.25) is 5.91 Å². The van der Waals surface area contributed by atoms with Crippen LogP contribution in [0.2, 0.25) is 5.02 Å². The van der Waals surface area contributed by atoms with E-state index in [4.69, 9.17) is 21.1 Å². The third-order valence-electron chi connectivity index (χ3n) is 3.98. The molecule has 1 N–H and O–H groups in total. The first kappa shape index (κ1) is 19.9. The summed E-state index contributed by atoms with van der Waals surface area (Å²) in [6, 6.07) is 12.9. The lowest BCUT2D eigenvalue weighted by molar-refractivity contribution is -0.111. The van der Waals surface area contributed by atoms with E-state index in [1.165, 1.54) is 17.4 Å². The fourth-order valence-electron chi connectivity index (χ4n) is 2.62. The highest BCUT2D eigenvalue weighted by Crippen LogP contribution is 2.31. The first-order chi connectivity index (χ1) is 13.5. The molecule has 0 aliphatic carbocycles. The van der Waals surface area contributed by atoms with Crippen molar-refractivity contribution in [2.45, 2.75) is 6.92 Å². The lowest BCUT2D eigenvalue weighted by Gasteiger charge is -2.07. The van der Waals surface area contributed by atoms with Gasteiger partial charge >= 0.3 is 0 Å². The Kier molecular flexibility index (Phi) is 6.34. The van der Waals surface area contributed by atoms with Crippen LogP contribution in [0.1, 0.15) is 10.4 Å². The van der Waals surface area contributed by atoms with Gasteiger partial charge in [-0.2, -0.15) is 0 Å². The molecule has 0 fully saturated rings. The molecule has 5 nitrogen and oxygen atoms in total. The smallest absolute Gasteiger partial charge is 0.250 e. The highest BCUT2D eigenvalue weighted by atomic mass is 35.5. The predicted octanol–water partition coefficient (Wildman–Crippen LogP) is 5.44. The van der Waals surface area contributed by atoms with E-state index in [0.29, 0.717) is 21.7 Å². The van der Waals surface area contributed by atoms with Gasteiger partial charge in [0.05, 0.1) is 19.9 Å². The molecule has 2 aromatic carbocycles. The molecule has 1 heterocycles. The van der Waals surface area contributed by atoms with Crippen LogP contribution in [-0.4, -0.2) is 25.1 Å². The van der Waals surface area contributed by atoms with Gasteiger partial charge in [-0.05, 0) is 37.3 Å². The molecule has 7 heteroatoms.